The molecule has 2 nitrogen and oxygen atoms in total. The fourth-order valence-electron chi connectivity index (χ4n) is 4.33. The Labute approximate surface area is 116 Å². The van der Waals surface area contributed by atoms with Crippen LogP contribution in [0.15, 0.2) is 0 Å². The largest absolute Gasteiger partial charge is 0.376 e. The molecule has 0 amide bonds. The molecule has 1 saturated carbocycles. The zero-order chi connectivity index (χ0) is 13.7. The van der Waals surface area contributed by atoms with E-state index in [4.69, 9.17) is 4.74 Å². The maximum Gasteiger partial charge on any atom is 0.120 e. The molecule has 3 heteroatoms. The number of fused-ring (bicyclic) bond motifs is 1. The van der Waals surface area contributed by atoms with Crippen LogP contribution in [0.5, 0.6) is 0 Å². The lowest BCUT2D eigenvalue weighted by Gasteiger charge is -2.45. The monoisotopic (exact) mass is 269 g/mol. The minimum Gasteiger partial charge on any atom is -0.376 e. The molecule has 3 rings (SSSR count). The summed E-state index contributed by atoms with van der Waals surface area (Å²) in [4.78, 5) is 2.45. The smallest absolute Gasteiger partial charge is 0.120 e. The van der Waals surface area contributed by atoms with Crippen LogP contribution in [0.25, 0.3) is 0 Å². The number of halogens is 1. The molecule has 0 radical (unpaired) electrons. The molecule has 0 aromatic carbocycles. The number of ether oxygens (including phenoxy) is 1. The molecule has 0 spiro atoms. The highest BCUT2D eigenvalue weighted by atomic mass is 19.1. The lowest BCUT2D eigenvalue weighted by Crippen LogP contribution is -2.52. The van der Waals surface area contributed by atoms with E-state index in [9.17, 15) is 4.39 Å². The molecule has 110 valence electrons. The van der Waals surface area contributed by atoms with Gasteiger partial charge in [-0.25, -0.2) is 4.39 Å². The van der Waals surface area contributed by atoms with Gasteiger partial charge in [-0.05, 0) is 50.5 Å². The molecule has 2 heterocycles. The van der Waals surface area contributed by atoms with Crippen LogP contribution in [0.3, 0.4) is 0 Å². The zero-order valence-corrected chi connectivity index (χ0v) is 12.6. The van der Waals surface area contributed by atoms with E-state index in [-0.39, 0.29) is 17.0 Å². The summed E-state index contributed by atoms with van der Waals surface area (Å²) in [6.45, 7) is 8.47. The molecule has 1 aliphatic carbocycles. The maximum absolute atomic E-state index is 14.5. The molecular weight excluding hydrogens is 241 g/mol. The Bertz CT molecular complexity index is 336. The molecule has 3 aliphatic rings. The predicted octanol–water partition coefficient (Wildman–Crippen LogP) is 3.55. The zero-order valence-electron chi connectivity index (χ0n) is 12.6. The fourth-order valence-corrected chi connectivity index (χ4v) is 4.33. The molecule has 3 atom stereocenters. The van der Waals surface area contributed by atoms with Gasteiger partial charge in [0.2, 0.25) is 0 Å². The average molecular weight is 269 g/mol. The number of rotatable bonds is 3. The molecule has 0 aromatic heterocycles. The van der Waals surface area contributed by atoms with Gasteiger partial charge in [-0.3, -0.25) is 4.90 Å². The Morgan fingerprint density at radius 3 is 2.58 bits per heavy atom. The van der Waals surface area contributed by atoms with Crippen LogP contribution in [0.2, 0.25) is 0 Å². The fraction of sp³-hybridized carbons (Fsp3) is 1.00. The Morgan fingerprint density at radius 1 is 1.26 bits per heavy atom. The van der Waals surface area contributed by atoms with Gasteiger partial charge >= 0.3 is 0 Å². The summed E-state index contributed by atoms with van der Waals surface area (Å²) in [6, 6.07) is 0.00215. The molecule has 2 aliphatic heterocycles. The summed E-state index contributed by atoms with van der Waals surface area (Å²) >= 11 is 0. The number of hydrogen-bond donors (Lipinski definition) is 0. The van der Waals surface area contributed by atoms with Crippen LogP contribution >= 0.6 is 0 Å². The molecule has 0 N–H and O–H groups in total. The molecule has 2 saturated heterocycles. The highest BCUT2D eigenvalue weighted by Gasteiger charge is 2.59. The Hall–Kier alpha value is -0.150. The van der Waals surface area contributed by atoms with Crippen molar-refractivity contribution in [2.75, 3.05) is 13.2 Å². The van der Waals surface area contributed by atoms with E-state index in [2.05, 4.69) is 25.7 Å². The van der Waals surface area contributed by atoms with Gasteiger partial charge < -0.3 is 4.74 Å². The summed E-state index contributed by atoms with van der Waals surface area (Å²) in [5, 5.41) is 0. The molecule has 3 unspecified atom stereocenters. The van der Waals surface area contributed by atoms with Gasteiger partial charge in [0.1, 0.15) is 6.17 Å². The highest BCUT2D eigenvalue weighted by Crippen LogP contribution is 2.53. The molecule has 0 aromatic rings. The Balaban J connectivity index is 1.71. The lowest BCUT2D eigenvalue weighted by atomic mass is 9.71. The molecule has 3 fully saturated rings. The molecule has 0 bridgehead atoms. The van der Waals surface area contributed by atoms with E-state index < -0.39 is 6.17 Å². The first-order valence-electron chi connectivity index (χ1n) is 7.96. The normalized spacial score (nSPS) is 40.4. The highest BCUT2D eigenvalue weighted by molar-refractivity contribution is 5.13. The van der Waals surface area contributed by atoms with Crippen molar-refractivity contribution in [3.8, 4) is 0 Å². The van der Waals surface area contributed by atoms with Crippen LogP contribution in [0.1, 0.15) is 59.3 Å². The van der Waals surface area contributed by atoms with Gasteiger partial charge in [0.05, 0.1) is 18.8 Å². The first kappa shape index (κ1) is 13.8. The van der Waals surface area contributed by atoms with Crippen molar-refractivity contribution in [2.24, 2.45) is 5.41 Å². The van der Waals surface area contributed by atoms with Gasteiger partial charge in [-0.15, -0.1) is 0 Å². The standard InChI is InChI=1S/C16H28FNO/c1-15(2,3)16-8-5-9-18(16)14(13(17)10-16)11-19-12-6-4-7-12/h12-14H,4-11H2,1-3H3. The van der Waals surface area contributed by atoms with E-state index in [1.54, 1.807) is 0 Å². The Kier molecular flexibility index (Phi) is 3.41. The number of nitrogens with zero attached hydrogens (tertiary/aromatic N) is 1. The third-order valence-corrected chi connectivity index (χ3v) is 5.84. The van der Waals surface area contributed by atoms with E-state index in [1.165, 1.54) is 25.7 Å². The second kappa shape index (κ2) is 4.70. The minimum absolute atomic E-state index is 0.00215. The van der Waals surface area contributed by atoms with Crippen molar-refractivity contribution < 1.29 is 9.13 Å². The summed E-state index contributed by atoms with van der Waals surface area (Å²) < 4.78 is 20.5. The average Bonchev–Trinajstić information content (AvgIpc) is 2.74. The van der Waals surface area contributed by atoms with Crippen molar-refractivity contribution >= 4 is 0 Å². The van der Waals surface area contributed by atoms with Crippen molar-refractivity contribution in [1.82, 2.24) is 4.90 Å². The third kappa shape index (κ3) is 2.13. The summed E-state index contributed by atoms with van der Waals surface area (Å²) in [5.41, 5.74) is 0.221. The van der Waals surface area contributed by atoms with Gasteiger partial charge in [-0.1, -0.05) is 20.8 Å². The van der Waals surface area contributed by atoms with Crippen molar-refractivity contribution in [1.29, 1.82) is 0 Å². The van der Waals surface area contributed by atoms with E-state index >= 15 is 0 Å². The first-order valence-corrected chi connectivity index (χ1v) is 7.96. The summed E-state index contributed by atoms with van der Waals surface area (Å²) in [5.74, 6) is 0. The summed E-state index contributed by atoms with van der Waals surface area (Å²) in [7, 11) is 0. The van der Waals surface area contributed by atoms with Gasteiger partial charge in [0, 0.05) is 5.54 Å². The van der Waals surface area contributed by atoms with Crippen LogP contribution in [-0.4, -0.2) is 41.9 Å². The molecule has 19 heavy (non-hydrogen) atoms. The quantitative estimate of drug-likeness (QED) is 0.777. The van der Waals surface area contributed by atoms with Crippen LogP contribution in [0.4, 0.5) is 4.39 Å². The van der Waals surface area contributed by atoms with Gasteiger partial charge in [0.25, 0.3) is 0 Å². The van der Waals surface area contributed by atoms with Gasteiger partial charge in [0.15, 0.2) is 0 Å². The topological polar surface area (TPSA) is 12.5 Å². The van der Waals surface area contributed by atoms with Gasteiger partial charge in [-0.2, -0.15) is 0 Å². The SMILES string of the molecule is CC(C)(C)C12CCCN1C(COC1CCC1)C(F)C2. The van der Waals surface area contributed by atoms with Crippen molar-refractivity contribution in [3.63, 3.8) is 0 Å². The van der Waals surface area contributed by atoms with Crippen molar-refractivity contribution in [2.45, 2.75) is 83.2 Å². The second-order valence-electron chi connectivity index (χ2n) is 7.75. The number of alkyl halides is 1. The van der Waals surface area contributed by atoms with E-state index in [1.807, 2.05) is 0 Å². The van der Waals surface area contributed by atoms with Crippen LogP contribution < -0.4 is 0 Å². The minimum atomic E-state index is -0.709. The second-order valence-corrected chi connectivity index (χ2v) is 7.75. The van der Waals surface area contributed by atoms with Crippen molar-refractivity contribution in [3.05, 3.63) is 0 Å². The van der Waals surface area contributed by atoms with E-state index in [0.717, 1.165) is 13.0 Å². The van der Waals surface area contributed by atoms with E-state index in [0.29, 0.717) is 19.1 Å². The first-order chi connectivity index (χ1) is 8.94. The summed E-state index contributed by atoms with van der Waals surface area (Å²) in [6.07, 6.45) is 6.40. The lowest BCUT2D eigenvalue weighted by molar-refractivity contribution is -0.0453. The molecular formula is C16H28FNO. The third-order valence-electron chi connectivity index (χ3n) is 5.84. The Morgan fingerprint density at radius 2 is 2.00 bits per heavy atom. The van der Waals surface area contributed by atoms with Crippen LogP contribution in [-0.2, 0) is 4.74 Å². The number of hydrogen-bond acceptors (Lipinski definition) is 2. The maximum atomic E-state index is 14.5. The predicted molar refractivity (Wildman–Crippen MR) is 75.0 cm³/mol. The van der Waals surface area contributed by atoms with Crippen LogP contribution in [0, 0.1) is 5.41 Å².